The molecule has 140 heavy (non-hydrogen) atoms. The molecule has 0 saturated carbocycles. The molecule has 15 amide bonds. The molecule has 2 fully saturated rings. The van der Waals surface area contributed by atoms with Crippen molar-refractivity contribution in [2.24, 2.45) is 5.92 Å². The summed E-state index contributed by atoms with van der Waals surface area (Å²) in [5.74, 6) is -10.2. The minimum atomic E-state index is -4.20. The predicted octanol–water partition coefficient (Wildman–Crippen LogP) is 6.12. The molecule has 2 aromatic heterocycles. The summed E-state index contributed by atoms with van der Waals surface area (Å²) in [4.78, 5) is 230. The van der Waals surface area contributed by atoms with Gasteiger partial charge in [-0.25, -0.2) is 41.8 Å². The van der Waals surface area contributed by atoms with Gasteiger partial charge in [0.05, 0.1) is 110 Å². The molecular formula is C94H118FN17O26S2. The van der Waals surface area contributed by atoms with E-state index >= 15 is 4.39 Å². The molecule has 7 atom stereocenters. The fourth-order valence-electron chi connectivity index (χ4n) is 17.0. The third-order valence-electron chi connectivity index (χ3n) is 24.0. The number of nitrogens with one attached hydrogen (secondary N) is 13. The Morgan fingerprint density at radius 2 is 1.30 bits per heavy atom. The summed E-state index contributed by atoms with van der Waals surface area (Å²) in [6.07, 6.45) is 2.00. The van der Waals surface area contributed by atoms with Crippen molar-refractivity contribution >= 4 is 151 Å². The van der Waals surface area contributed by atoms with Crippen LogP contribution in [-0.2, 0) is 121 Å². The van der Waals surface area contributed by atoms with E-state index in [0.29, 0.717) is 90.5 Å². The number of pyridine rings is 2. The van der Waals surface area contributed by atoms with Gasteiger partial charge in [-0.15, -0.1) is 11.8 Å². The Kier molecular flexibility index (Phi) is 38.3. The molecule has 6 heterocycles. The number of cyclic esters (lactones) is 1. The number of urea groups is 3. The lowest BCUT2D eigenvalue weighted by Crippen LogP contribution is -2.57. The highest BCUT2D eigenvalue weighted by atomic mass is 32.2. The molecule has 0 radical (unpaired) electrons. The number of aryl methyl sites for hydroxylation is 1. The van der Waals surface area contributed by atoms with Crippen molar-refractivity contribution in [3.8, 4) is 11.4 Å². The average molecular weight is 1990 g/mol. The lowest BCUT2D eigenvalue weighted by molar-refractivity contribution is -0.191. The highest BCUT2D eigenvalue weighted by Gasteiger charge is 2.53. The fourth-order valence-corrected chi connectivity index (χ4v) is 19.0. The van der Waals surface area contributed by atoms with E-state index in [2.05, 4.69) is 68.5 Å². The molecule has 1 unspecified atom stereocenters. The number of imide groups is 1. The van der Waals surface area contributed by atoms with Crippen molar-refractivity contribution in [2.45, 2.75) is 210 Å². The first-order valence-electron chi connectivity index (χ1n) is 46.4. The van der Waals surface area contributed by atoms with Crippen LogP contribution in [0.4, 0.5) is 41.5 Å². The first kappa shape index (κ1) is 107. The Balaban J connectivity index is 0.495. The standard InChI is InChI=1S/C94H118FN17O26S2/c1-7-31-98-91(129)104-59-17-13-19-61(44-59)140(132,133)109-60-18-12-16-56(43-60)68(47-79(119)120)107-93(131)103-58-26-24-57(25-27-58)102-92(130)99-33-32-96-75(115)22-14-23-76(116)100-52-139-73-49-78(118)111(88(73)126)35-11-9-10-21-74(114)97-34-38-135-40-42-136-41-39-134-37-30-77(117)105-70(48-80(121)122)87(125)110-36-15-20-71(110)85(123)108-83(53(3)4)89(127)138-94(8-2)65-45-72-84-63(50-112(72)86(124)64(65)51-137-90(94)128)82-67(101-55(6)113)29-28-62-54(5)66(95)46-69(106-84)81(62)82/h12-13,16-19,24-27,43-46,53,67-68,70-71,73,83,109H,7-11,14-15,20-23,28-42,47-52H2,1-6H3,(H,96,115)(H,97,114)(H,100,116)(H,101,113)(H,105,117)(H,108,123)(H,119,120)(H,121,122)(H2,98,104,129)(H2,99,102,130)(H2,103,107,131)/t67-,68+,70-,71-,73?,83-,94-/m0/s1. The number of ether oxygens (including phenoxy) is 5. The number of rotatable bonds is 51. The van der Waals surface area contributed by atoms with Gasteiger partial charge in [0.2, 0.25) is 58.8 Å². The van der Waals surface area contributed by atoms with Gasteiger partial charge in [0.1, 0.15) is 30.5 Å². The highest BCUT2D eigenvalue weighted by Crippen LogP contribution is 2.47. The van der Waals surface area contributed by atoms with Crippen LogP contribution in [0, 0.1) is 18.7 Å². The fraction of sp³-hybridized carbons (Fsp3) is 0.489. The minimum absolute atomic E-state index is 0.00259. The van der Waals surface area contributed by atoms with Crippen LogP contribution >= 0.6 is 11.8 Å². The van der Waals surface area contributed by atoms with Crippen LogP contribution in [0.15, 0.2) is 94.6 Å². The lowest BCUT2D eigenvalue weighted by Gasteiger charge is -2.37. The maximum atomic E-state index is 15.5. The number of halogens is 1. The van der Waals surface area contributed by atoms with Crippen LogP contribution in [0.25, 0.3) is 22.3 Å². The number of carbonyl (C=O) groups is 16. The number of likely N-dealkylation sites (tertiary alicyclic amines) is 2. The summed E-state index contributed by atoms with van der Waals surface area (Å²) in [6.45, 7) is 10.8. The molecule has 0 spiro atoms. The number of sulfonamides is 1. The number of carboxylic acid groups (broad SMARTS) is 2. The topological polar surface area (TPSA) is 592 Å². The normalized spacial score (nSPS) is 16.8. The maximum absolute atomic E-state index is 15.5. The summed E-state index contributed by atoms with van der Waals surface area (Å²) in [7, 11) is -4.20. The molecule has 2 saturated heterocycles. The van der Waals surface area contributed by atoms with E-state index in [0.717, 1.165) is 22.2 Å². The number of unbranched alkanes of at least 4 members (excludes halogenated alkanes) is 2. The highest BCUT2D eigenvalue weighted by molar-refractivity contribution is 8.00. The van der Waals surface area contributed by atoms with Gasteiger partial charge >= 0.3 is 42.0 Å². The molecule has 4 aromatic carbocycles. The molecular weight excluding hydrogens is 1870 g/mol. The van der Waals surface area contributed by atoms with Gasteiger partial charge in [-0.1, -0.05) is 52.3 Å². The summed E-state index contributed by atoms with van der Waals surface area (Å²) in [5.41, 5.74) is 1.83. The van der Waals surface area contributed by atoms with E-state index in [9.17, 15) is 100 Å². The van der Waals surface area contributed by atoms with E-state index in [1.54, 1.807) is 33.8 Å². The summed E-state index contributed by atoms with van der Waals surface area (Å²) >= 11 is 1.12. The largest absolute Gasteiger partial charge is 0.481 e. The molecule has 4 aliphatic heterocycles. The third kappa shape index (κ3) is 28.5. The lowest BCUT2D eigenvalue weighted by atomic mass is 9.81. The molecule has 11 rings (SSSR count). The smallest absolute Gasteiger partial charge is 0.355 e. The summed E-state index contributed by atoms with van der Waals surface area (Å²) in [6, 6.07) is 12.4. The van der Waals surface area contributed by atoms with E-state index in [1.807, 2.05) is 6.92 Å². The zero-order valence-corrected chi connectivity index (χ0v) is 80.1. The van der Waals surface area contributed by atoms with Crippen LogP contribution in [0.5, 0.6) is 0 Å². The van der Waals surface area contributed by atoms with Gasteiger partial charge in [0.25, 0.3) is 15.6 Å². The molecule has 754 valence electrons. The number of nitrogens with zero attached hydrogens (tertiary/aromatic N) is 4. The number of fused-ring (bicyclic) bond motifs is 5. The monoisotopic (exact) mass is 1980 g/mol. The van der Waals surface area contributed by atoms with Crippen molar-refractivity contribution in [1.29, 1.82) is 0 Å². The molecule has 46 heteroatoms. The number of aliphatic carboxylic acids is 2. The Morgan fingerprint density at radius 1 is 0.657 bits per heavy atom. The Hall–Kier alpha value is -13.7. The van der Waals surface area contributed by atoms with Gasteiger partial charge in [-0.2, -0.15) is 0 Å². The number of hydrogen-bond donors (Lipinski definition) is 15. The molecule has 0 bridgehead atoms. The van der Waals surface area contributed by atoms with Gasteiger partial charge < -0.3 is 107 Å². The minimum Gasteiger partial charge on any atom is -0.481 e. The van der Waals surface area contributed by atoms with Crippen molar-refractivity contribution < 1.29 is 123 Å². The first-order chi connectivity index (χ1) is 67.0. The first-order valence-corrected chi connectivity index (χ1v) is 48.9. The number of hydrogen-bond acceptors (Lipinski definition) is 26. The molecule has 15 N–H and O–H groups in total. The zero-order chi connectivity index (χ0) is 101. The quantitative estimate of drug-likeness (QED) is 0.00883. The SMILES string of the molecule is CCCNC(=O)Nc1cccc(S(=O)(=O)Nc2cccc([C@@H](CC(=O)O)NC(=O)Nc3ccc(NC(=O)NCCNC(=O)CCCC(=O)NCSC4CC(=O)N(CCCCCC(=O)NCCOCCOCCOCCC(=O)N[C@@H](CC(=O)O)C(=O)N5CCC[C@H]5C(=O)N[C@H](C(=O)O[C@]5(CC)C(=O)OCc6c5cc5n(c6=O)Cc6c-5nc5cc(F)c(C)c7c5c6[C@@H](NC(C)=O)CC7)C(C)C)C4=O)cc3)c2)c1. The van der Waals surface area contributed by atoms with Crippen LogP contribution in [0.2, 0.25) is 0 Å². The number of thioether (sulfide) groups is 1. The number of benzene rings is 4. The predicted molar refractivity (Wildman–Crippen MR) is 506 cm³/mol. The third-order valence-corrected chi connectivity index (χ3v) is 26.5. The number of carbonyl (C=O) groups excluding carboxylic acids is 14. The van der Waals surface area contributed by atoms with Crippen LogP contribution in [0.1, 0.15) is 188 Å². The second-order valence-electron chi connectivity index (χ2n) is 34.4. The van der Waals surface area contributed by atoms with E-state index in [4.69, 9.17) is 28.7 Å². The van der Waals surface area contributed by atoms with E-state index < -0.39 is 148 Å². The Morgan fingerprint density at radius 3 is 1.99 bits per heavy atom. The second-order valence-corrected chi connectivity index (χ2v) is 37.3. The van der Waals surface area contributed by atoms with Gasteiger partial charge in [0, 0.05) is 124 Å². The number of aromatic nitrogens is 2. The molecule has 1 aliphatic carbocycles. The molecule has 6 aromatic rings. The summed E-state index contributed by atoms with van der Waals surface area (Å²) in [5, 5.41) is 51.4. The molecule has 5 aliphatic rings. The van der Waals surface area contributed by atoms with E-state index in [1.165, 1.54) is 95.3 Å². The van der Waals surface area contributed by atoms with Gasteiger partial charge in [-0.05, 0) is 154 Å². The maximum Gasteiger partial charge on any atom is 0.355 e. The second kappa shape index (κ2) is 50.2. The number of esters is 2. The molecule has 43 nitrogen and oxygen atoms in total. The Labute approximate surface area is 809 Å². The van der Waals surface area contributed by atoms with Gasteiger partial charge in [0.15, 0.2) is 0 Å². The number of carboxylic acids is 2. The van der Waals surface area contributed by atoms with E-state index in [-0.39, 0.29) is 216 Å². The van der Waals surface area contributed by atoms with Crippen molar-refractivity contribution in [3.63, 3.8) is 0 Å². The average Bonchev–Trinajstić information content (AvgIpc) is 1.53. The van der Waals surface area contributed by atoms with Crippen molar-refractivity contribution in [2.75, 3.05) is 105 Å². The van der Waals surface area contributed by atoms with Crippen LogP contribution < -0.4 is 74.1 Å². The van der Waals surface area contributed by atoms with Crippen molar-refractivity contribution in [3.05, 3.63) is 140 Å². The zero-order valence-electron chi connectivity index (χ0n) is 78.4. The Bertz CT molecular complexity index is 5850. The summed E-state index contributed by atoms with van der Waals surface area (Å²) < 4.78 is 74.6. The van der Waals surface area contributed by atoms with Crippen LogP contribution in [0.3, 0.4) is 0 Å². The van der Waals surface area contributed by atoms with Crippen molar-refractivity contribution in [1.82, 2.24) is 67.2 Å². The van der Waals surface area contributed by atoms with Crippen LogP contribution in [-0.4, -0.2) is 241 Å². The number of anilines is 4. The van der Waals surface area contributed by atoms with Gasteiger partial charge in [-0.3, -0.25) is 67.2 Å². The number of amides is 15.